The van der Waals surface area contributed by atoms with Crippen molar-refractivity contribution in [1.82, 2.24) is 14.2 Å². The average Bonchev–Trinajstić information content (AvgIpc) is 2.76. The van der Waals surface area contributed by atoms with E-state index in [0.29, 0.717) is 19.1 Å². The van der Waals surface area contributed by atoms with E-state index in [1.54, 1.807) is 16.4 Å². The molecule has 20 heavy (non-hydrogen) atoms. The minimum absolute atomic E-state index is 0.00792. The smallest absolute Gasteiger partial charge is 0.262 e. The predicted octanol–water partition coefficient (Wildman–Crippen LogP) is 0.523. The summed E-state index contributed by atoms with van der Waals surface area (Å²) in [6.45, 7) is 3.17. The van der Waals surface area contributed by atoms with Crippen molar-refractivity contribution in [3.8, 4) is 0 Å². The number of nitrogens with zero attached hydrogens (tertiary/aromatic N) is 3. The maximum Gasteiger partial charge on any atom is 0.262 e. The summed E-state index contributed by atoms with van der Waals surface area (Å²) in [7, 11) is -3.58. The van der Waals surface area contributed by atoms with Gasteiger partial charge in [0.15, 0.2) is 5.03 Å². The van der Waals surface area contributed by atoms with Crippen molar-refractivity contribution >= 4 is 15.7 Å². The fourth-order valence-electron chi connectivity index (χ4n) is 3.13. The van der Waals surface area contributed by atoms with Crippen LogP contribution in [0.25, 0.3) is 0 Å². The molecule has 2 aliphatic rings. The number of pyridine rings is 1. The van der Waals surface area contributed by atoms with Crippen molar-refractivity contribution in [2.24, 2.45) is 0 Å². The summed E-state index contributed by atoms with van der Waals surface area (Å²) in [6.07, 6.45) is 4.57. The highest BCUT2D eigenvalue weighted by Crippen LogP contribution is 2.26. The van der Waals surface area contributed by atoms with Crippen molar-refractivity contribution < 1.29 is 8.42 Å². The molecule has 1 aromatic heterocycles. The molecule has 2 fully saturated rings. The highest BCUT2D eigenvalue weighted by atomic mass is 32.2. The fourth-order valence-corrected chi connectivity index (χ4v) is 4.67. The lowest BCUT2D eigenvalue weighted by atomic mass is 10.2. The summed E-state index contributed by atoms with van der Waals surface area (Å²) in [5.41, 5.74) is 6.00. The van der Waals surface area contributed by atoms with Crippen LogP contribution >= 0.6 is 0 Å². The number of rotatable bonds is 2. The minimum Gasteiger partial charge on any atom is -0.396 e. The molecule has 0 aromatic carbocycles. The SMILES string of the molecule is Nc1cccnc1S(=O)(=O)N1CCCN2CCCC2C1. The van der Waals surface area contributed by atoms with E-state index in [9.17, 15) is 8.42 Å². The first-order valence-electron chi connectivity index (χ1n) is 7.04. The van der Waals surface area contributed by atoms with Gasteiger partial charge in [0.05, 0.1) is 5.69 Å². The number of hydrogen-bond donors (Lipinski definition) is 1. The zero-order chi connectivity index (χ0) is 14.2. The quantitative estimate of drug-likeness (QED) is 0.861. The Bertz CT molecular complexity index is 590. The van der Waals surface area contributed by atoms with Gasteiger partial charge in [0.25, 0.3) is 10.0 Å². The van der Waals surface area contributed by atoms with Crippen molar-refractivity contribution in [2.45, 2.75) is 30.3 Å². The Morgan fingerprint density at radius 2 is 2.05 bits per heavy atom. The average molecular weight is 296 g/mol. The second-order valence-corrected chi connectivity index (χ2v) is 7.30. The van der Waals surface area contributed by atoms with Gasteiger partial charge in [-0.1, -0.05) is 0 Å². The van der Waals surface area contributed by atoms with Crippen LogP contribution in [0.4, 0.5) is 5.69 Å². The van der Waals surface area contributed by atoms with E-state index in [4.69, 9.17) is 5.73 Å². The second-order valence-electron chi connectivity index (χ2n) is 5.45. The molecule has 0 saturated carbocycles. The highest BCUT2D eigenvalue weighted by Gasteiger charge is 2.35. The van der Waals surface area contributed by atoms with Crippen LogP contribution in [0.3, 0.4) is 0 Å². The molecule has 0 spiro atoms. The Balaban J connectivity index is 1.89. The fraction of sp³-hybridized carbons (Fsp3) is 0.615. The first kappa shape index (κ1) is 13.8. The third-order valence-electron chi connectivity index (χ3n) is 4.15. The Morgan fingerprint density at radius 3 is 2.85 bits per heavy atom. The molecular formula is C13H20N4O2S. The van der Waals surface area contributed by atoms with E-state index < -0.39 is 10.0 Å². The van der Waals surface area contributed by atoms with E-state index in [1.807, 2.05) is 0 Å². The summed E-state index contributed by atoms with van der Waals surface area (Å²) in [4.78, 5) is 6.37. The molecule has 1 atom stereocenters. The molecule has 0 amide bonds. The lowest BCUT2D eigenvalue weighted by Gasteiger charge is -2.25. The zero-order valence-corrected chi connectivity index (χ0v) is 12.2. The van der Waals surface area contributed by atoms with Gasteiger partial charge in [-0.3, -0.25) is 4.90 Å². The van der Waals surface area contributed by atoms with Crippen LogP contribution in [-0.2, 0) is 10.0 Å². The highest BCUT2D eigenvalue weighted by molar-refractivity contribution is 7.89. The maximum absolute atomic E-state index is 12.7. The lowest BCUT2D eigenvalue weighted by Crippen LogP contribution is -2.40. The molecule has 1 aromatic rings. The molecule has 0 bridgehead atoms. The monoisotopic (exact) mass is 296 g/mol. The van der Waals surface area contributed by atoms with Crippen LogP contribution < -0.4 is 5.73 Å². The Labute approximate surface area is 119 Å². The van der Waals surface area contributed by atoms with Crippen LogP contribution in [0.5, 0.6) is 0 Å². The van der Waals surface area contributed by atoms with Crippen LogP contribution in [0.1, 0.15) is 19.3 Å². The van der Waals surface area contributed by atoms with Crippen LogP contribution in [0, 0.1) is 0 Å². The molecule has 0 radical (unpaired) electrons. The predicted molar refractivity (Wildman–Crippen MR) is 76.6 cm³/mol. The normalized spacial score (nSPS) is 25.3. The summed E-state index contributed by atoms with van der Waals surface area (Å²) in [6, 6.07) is 3.58. The third-order valence-corrected chi connectivity index (χ3v) is 5.99. The van der Waals surface area contributed by atoms with Crippen LogP contribution in [0.15, 0.2) is 23.4 Å². The zero-order valence-electron chi connectivity index (χ0n) is 11.4. The van der Waals surface area contributed by atoms with Crippen molar-refractivity contribution in [1.29, 1.82) is 0 Å². The van der Waals surface area contributed by atoms with Gasteiger partial charge in [-0.15, -0.1) is 0 Å². The van der Waals surface area contributed by atoms with Gasteiger partial charge in [-0.2, -0.15) is 4.31 Å². The third kappa shape index (κ3) is 2.41. The number of sulfonamides is 1. The molecule has 3 rings (SSSR count). The molecule has 110 valence electrons. The largest absolute Gasteiger partial charge is 0.396 e. The van der Waals surface area contributed by atoms with E-state index >= 15 is 0 Å². The Morgan fingerprint density at radius 1 is 1.25 bits per heavy atom. The van der Waals surface area contributed by atoms with E-state index in [2.05, 4.69) is 9.88 Å². The van der Waals surface area contributed by atoms with Gasteiger partial charge in [-0.05, 0) is 44.5 Å². The first-order valence-corrected chi connectivity index (χ1v) is 8.48. The number of fused-ring (bicyclic) bond motifs is 1. The number of aromatic nitrogens is 1. The summed E-state index contributed by atoms with van der Waals surface area (Å²) in [5, 5.41) is -0.00792. The summed E-state index contributed by atoms with van der Waals surface area (Å²) in [5.74, 6) is 0. The molecule has 2 N–H and O–H groups in total. The topological polar surface area (TPSA) is 79.5 Å². The molecule has 1 unspecified atom stereocenters. The Kier molecular flexibility index (Phi) is 3.66. The van der Waals surface area contributed by atoms with Crippen molar-refractivity contribution in [3.63, 3.8) is 0 Å². The molecule has 6 nitrogen and oxygen atoms in total. The van der Waals surface area contributed by atoms with Crippen LogP contribution in [0.2, 0.25) is 0 Å². The van der Waals surface area contributed by atoms with Gasteiger partial charge in [0.1, 0.15) is 0 Å². The van der Waals surface area contributed by atoms with Gasteiger partial charge < -0.3 is 5.73 Å². The van der Waals surface area contributed by atoms with Crippen molar-refractivity contribution in [3.05, 3.63) is 18.3 Å². The minimum atomic E-state index is -3.58. The van der Waals surface area contributed by atoms with E-state index in [-0.39, 0.29) is 10.7 Å². The molecular weight excluding hydrogens is 276 g/mol. The number of nitrogens with two attached hydrogens (primary N) is 1. The van der Waals surface area contributed by atoms with Crippen molar-refractivity contribution in [2.75, 3.05) is 31.9 Å². The van der Waals surface area contributed by atoms with E-state index in [0.717, 1.165) is 32.4 Å². The number of hydrogen-bond acceptors (Lipinski definition) is 5. The van der Waals surface area contributed by atoms with Gasteiger partial charge in [0, 0.05) is 25.3 Å². The number of nitrogen functional groups attached to an aromatic ring is 1. The Hall–Kier alpha value is -1.18. The molecule has 2 saturated heterocycles. The molecule has 0 aliphatic carbocycles. The molecule has 2 aliphatic heterocycles. The van der Waals surface area contributed by atoms with E-state index in [1.165, 1.54) is 6.20 Å². The molecule has 3 heterocycles. The first-order chi connectivity index (χ1) is 9.59. The molecule has 7 heteroatoms. The van der Waals surface area contributed by atoms with Crippen LogP contribution in [-0.4, -0.2) is 54.8 Å². The number of anilines is 1. The summed E-state index contributed by atoms with van der Waals surface area (Å²) < 4.78 is 27.0. The van der Waals surface area contributed by atoms with Gasteiger partial charge >= 0.3 is 0 Å². The lowest BCUT2D eigenvalue weighted by molar-refractivity contribution is 0.257. The standard InChI is InChI=1S/C13H20N4O2S/c14-12-5-1-6-15-13(12)20(18,19)17-9-3-8-16-7-2-4-11(16)10-17/h1,5-6,11H,2-4,7-10,14H2. The maximum atomic E-state index is 12.7. The van der Waals surface area contributed by atoms with Gasteiger partial charge in [-0.25, -0.2) is 13.4 Å². The summed E-state index contributed by atoms with van der Waals surface area (Å²) >= 11 is 0. The van der Waals surface area contributed by atoms with Gasteiger partial charge in [0.2, 0.25) is 0 Å². The second kappa shape index (κ2) is 5.31.